The molecule has 0 amide bonds. The Hall–Kier alpha value is -0.330. The van der Waals surface area contributed by atoms with Crippen LogP contribution in [0.3, 0.4) is 0 Å². The molecule has 0 heterocycles. The summed E-state index contributed by atoms with van der Waals surface area (Å²) in [6.45, 7) is 6.06. The molecule has 0 aromatic heterocycles. The highest BCUT2D eigenvalue weighted by molar-refractivity contribution is 5.90. The van der Waals surface area contributed by atoms with E-state index in [9.17, 15) is 4.79 Å². The van der Waals surface area contributed by atoms with Gasteiger partial charge >= 0.3 is 0 Å². The fraction of sp³-hybridized carbons (Fsp3) is 0.889. The van der Waals surface area contributed by atoms with Gasteiger partial charge in [-0.05, 0) is 18.3 Å². The molecule has 2 aliphatic rings. The van der Waals surface area contributed by atoms with Gasteiger partial charge in [-0.3, -0.25) is 4.79 Å². The summed E-state index contributed by atoms with van der Waals surface area (Å²) in [7, 11) is 0. The molecule has 2 rings (SSSR count). The van der Waals surface area contributed by atoms with Crippen LogP contribution in [0.25, 0.3) is 0 Å². The highest BCUT2D eigenvalue weighted by Gasteiger charge is 2.68. The predicted octanol–water partition coefficient (Wildman–Crippen LogP) is 1.87. The maximum atomic E-state index is 11.5. The van der Waals surface area contributed by atoms with Gasteiger partial charge in [0, 0.05) is 11.3 Å². The summed E-state index contributed by atoms with van der Waals surface area (Å²) >= 11 is 0. The fourth-order valence-electron chi connectivity index (χ4n) is 1.67. The Bertz CT molecular complexity index is 179. The number of fused-ring (bicyclic) bond motifs is 1. The Balaban J connectivity index is 1.99. The number of hydrogen-bond donors (Lipinski definition) is 0. The Morgan fingerprint density at radius 2 is 1.80 bits per heavy atom. The van der Waals surface area contributed by atoms with E-state index in [1.807, 2.05) is 20.8 Å². The van der Waals surface area contributed by atoms with E-state index in [4.69, 9.17) is 0 Å². The quantitative estimate of drug-likeness (QED) is 0.540. The molecule has 2 fully saturated rings. The van der Waals surface area contributed by atoms with Crippen molar-refractivity contribution in [1.29, 1.82) is 0 Å². The van der Waals surface area contributed by atoms with Gasteiger partial charge in [-0.15, -0.1) is 0 Å². The molecule has 1 nitrogen and oxygen atoms in total. The number of rotatable bonds is 1. The lowest BCUT2D eigenvalue weighted by atomic mass is 9.85. The van der Waals surface area contributed by atoms with Crippen LogP contribution in [0, 0.1) is 23.2 Å². The van der Waals surface area contributed by atoms with Crippen molar-refractivity contribution in [2.45, 2.75) is 27.2 Å². The summed E-state index contributed by atoms with van der Waals surface area (Å²) < 4.78 is 0. The summed E-state index contributed by atoms with van der Waals surface area (Å²) in [5.74, 6) is 2.63. The molecule has 0 spiro atoms. The number of carbonyl (C=O) groups excluding carboxylic acids is 1. The summed E-state index contributed by atoms with van der Waals surface area (Å²) in [4.78, 5) is 11.5. The first kappa shape index (κ1) is 6.38. The SMILES string of the molecule is CC(C)(C)C(=O)C1C2C[C@H]21. The van der Waals surface area contributed by atoms with Gasteiger partial charge in [-0.2, -0.15) is 0 Å². The standard InChI is InChI=1S/C9H14O/c1-9(2,3)8(10)7-5-4-6(5)7/h5-7H,4H2,1-3H3/t5-,6?,7?/m1/s1. The third-order valence-electron chi connectivity index (χ3n) is 2.71. The molecular weight excluding hydrogens is 124 g/mol. The predicted molar refractivity (Wildman–Crippen MR) is 39.5 cm³/mol. The molecule has 1 heteroatoms. The molecule has 0 bridgehead atoms. The van der Waals surface area contributed by atoms with Crippen LogP contribution in [0.2, 0.25) is 0 Å². The fourth-order valence-corrected chi connectivity index (χ4v) is 1.67. The third kappa shape index (κ3) is 0.727. The molecule has 0 N–H and O–H groups in total. The second-order valence-electron chi connectivity index (χ2n) is 4.70. The van der Waals surface area contributed by atoms with Crippen molar-refractivity contribution >= 4 is 5.78 Å². The van der Waals surface area contributed by atoms with E-state index in [-0.39, 0.29) is 5.41 Å². The average Bonchev–Trinajstić information content (AvgIpc) is 2.43. The molecule has 0 aromatic rings. The van der Waals surface area contributed by atoms with Crippen LogP contribution >= 0.6 is 0 Å². The van der Waals surface area contributed by atoms with Crippen LogP contribution in [0.1, 0.15) is 27.2 Å². The summed E-state index contributed by atoms with van der Waals surface area (Å²) in [6.07, 6.45) is 1.34. The Kier molecular flexibility index (Phi) is 0.934. The van der Waals surface area contributed by atoms with E-state index in [2.05, 4.69) is 0 Å². The highest BCUT2D eigenvalue weighted by Crippen LogP contribution is 2.69. The normalized spacial score (nSPS) is 42.5. The van der Waals surface area contributed by atoms with Crippen molar-refractivity contribution < 1.29 is 4.79 Å². The molecular formula is C9H14O. The van der Waals surface area contributed by atoms with Crippen molar-refractivity contribution in [3.63, 3.8) is 0 Å². The minimum absolute atomic E-state index is 0.0852. The van der Waals surface area contributed by atoms with E-state index >= 15 is 0 Å². The summed E-state index contributed by atoms with van der Waals surface area (Å²) in [5, 5.41) is 0. The van der Waals surface area contributed by atoms with E-state index in [1.165, 1.54) is 6.42 Å². The maximum Gasteiger partial charge on any atom is 0.141 e. The second kappa shape index (κ2) is 1.46. The van der Waals surface area contributed by atoms with E-state index in [0.29, 0.717) is 11.7 Å². The first-order chi connectivity index (χ1) is 4.52. The second-order valence-corrected chi connectivity index (χ2v) is 4.70. The first-order valence-corrected chi connectivity index (χ1v) is 4.06. The molecule has 10 heavy (non-hydrogen) atoms. The van der Waals surface area contributed by atoms with Gasteiger partial charge in [0.05, 0.1) is 0 Å². The molecule has 0 radical (unpaired) electrons. The van der Waals surface area contributed by atoms with Crippen LogP contribution in [-0.4, -0.2) is 5.78 Å². The molecule has 0 saturated heterocycles. The van der Waals surface area contributed by atoms with Crippen LogP contribution in [0.4, 0.5) is 0 Å². The van der Waals surface area contributed by atoms with Gasteiger partial charge in [0.25, 0.3) is 0 Å². The lowest BCUT2D eigenvalue weighted by molar-refractivity contribution is -0.128. The van der Waals surface area contributed by atoms with E-state index in [1.54, 1.807) is 0 Å². The number of ketones is 1. The Morgan fingerprint density at radius 1 is 1.30 bits per heavy atom. The maximum absolute atomic E-state index is 11.5. The third-order valence-corrected chi connectivity index (χ3v) is 2.71. The summed E-state index contributed by atoms with van der Waals surface area (Å²) in [6, 6.07) is 0. The van der Waals surface area contributed by atoms with Crippen LogP contribution in [-0.2, 0) is 4.79 Å². The van der Waals surface area contributed by atoms with Gasteiger partial charge in [0.15, 0.2) is 0 Å². The average molecular weight is 138 g/mol. The number of Topliss-reactive ketones (excluding diaryl/α,β-unsaturated/α-hetero) is 1. The zero-order valence-corrected chi connectivity index (χ0v) is 6.85. The van der Waals surface area contributed by atoms with Gasteiger partial charge in [0.1, 0.15) is 5.78 Å². The Morgan fingerprint density at radius 3 is 1.90 bits per heavy atom. The molecule has 0 aliphatic heterocycles. The highest BCUT2D eigenvalue weighted by atomic mass is 16.1. The molecule has 3 atom stereocenters. The number of carbonyl (C=O) groups is 1. The van der Waals surface area contributed by atoms with Gasteiger partial charge in [-0.1, -0.05) is 20.8 Å². The van der Waals surface area contributed by atoms with Crippen molar-refractivity contribution in [1.82, 2.24) is 0 Å². The molecule has 0 aromatic carbocycles. The van der Waals surface area contributed by atoms with Crippen molar-refractivity contribution in [2.24, 2.45) is 23.2 Å². The van der Waals surface area contributed by atoms with E-state index in [0.717, 1.165) is 11.8 Å². The largest absolute Gasteiger partial charge is 0.299 e. The minimum atomic E-state index is -0.0852. The van der Waals surface area contributed by atoms with Crippen molar-refractivity contribution in [2.75, 3.05) is 0 Å². The molecule has 2 aliphatic carbocycles. The van der Waals surface area contributed by atoms with Gasteiger partial charge in [0.2, 0.25) is 0 Å². The van der Waals surface area contributed by atoms with Gasteiger partial charge in [-0.25, -0.2) is 0 Å². The van der Waals surface area contributed by atoms with E-state index < -0.39 is 0 Å². The zero-order valence-electron chi connectivity index (χ0n) is 6.85. The van der Waals surface area contributed by atoms with Crippen molar-refractivity contribution in [3.8, 4) is 0 Å². The monoisotopic (exact) mass is 138 g/mol. The molecule has 2 saturated carbocycles. The molecule has 56 valence electrons. The lowest BCUT2D eigenvalue weighted by Gasteiger charge is -2.17. The van der Waals surface area contributed by atoms with Crippen LogP contribution < -0.4 is 0 Å². The Labute approximate surface area is 61.8 Å². The van der Waals surface area contributed by atoms with Crippen LogP contribution in [0.15, 0.2) is 0 Å². The molecule has 2 unspecified atom stereocenters. The zero-order chi connectivity index (χ0) is 7.52. The van der Waals surface area contributed by atoms with Crippen LogP contribution in [0.5, 0.6) is 0 Å². The first-order valence-electron chi connectivity index (χ1n) is 4.06. The smallest absolute Gasteiger partial charge is 0.141 e. The minimum Gasteiger partial charge on any atom is -0.299 e. The topological polar surface area (TPSA) is 17.1 Å². The van der Waals surface area contributed by atoms with Gasteiger partial charge < -0.3 is 0 Å². The lowest BCUT2D eigenvalue weighted by Crippen LogP contribution is -2.24. The van der Waals surface area contributed by atoms with Crippen molar-refractivity contribution in [3.05, 3.63) is 0 Å². The number of hydrogen-bond acceptors (Lipinski definition) is 1. The summed E-state index contributed by atoms with van der Waals surface area (Å²) in [5.41, 5.74) is -0.0852.